The first-order chi connectivity index (χ1) is 16.9. The van der Waals surface area contributed by atoms with Crippen LogP contribution in [-0.4, -0.2) is 47.7 Å². The topological polar surface area (TPSA) is 109 Å². The van der Waals surface area contributed by atoms with Crippen molar-refractivity contribution in [2.45, 2.75) is 19.4 Å². The Balaban J connectivity index is 1.12. The summed E-state index contributed by atoms with van der Waals surface area (Å²) < 4.78 is 11.1. The number of carboxylic acid groups (broad SMARTS) is 1. The van der Waals surface area contributed by atoms with Crippen LogP contribution in [0.2, 0.25) is 0 Å². The van der Waals surface area contributed by atoms with E-state index in [-0.39, 0.29) is 36.7 Å². The Morgan fingerprint density at radius 1 is 1.03 bits per heavy atom. The number of carbonyl (C=O) groups excluding carboxylic acids is 2. The average Bonchev–Trinajstić information content (AvgIpc) is 3.43. The highest BCUT2D eigenvalue weighted by molar-refractivity contribution is 5.92. The van der Waals surface area contributed by atoms with E-state index in [2.05, 4.69) is 29.6 Å². The summed E-state index contributed by atoms with van der Waals surface area (Å²) in [5.74, 6) is -1.12. The van der Waals surface area contributed by atoms with E-state index < -0.39 is 18.0 Å². The standard InChI is InChI=1S/C27H26N2O6/c1-16(26(31)32)17-13-29(14-17)25(30)24-11-10-18(35-24)12-28-27(33)34-15-23-21-8-4-2-6-19(21)20-7-3-5-9-22(20)23/h2-11,16-17,23H,12-15H2,1H3,(H,28,33)(H,31,32). The molecule has 1 aliphatic heterocycles. The van der Waals surface area contributed by atoms with Crippen LogP contribution in [0.1, 0.15) is 40.3 Å². The lowest BCUT2D eigenvalue weighted by molar-refractivity contribution is -0.144. The third-order valence-electron chi connectivity index (χ3n) is 6.92. The number of hydrogen-bond donors (Lipinski definition) is 2. The fraction of sp³-hybridized carbons (Fsp3) is 0.296. The molecule has 2 amide bonds. The fourth-order valence-electron chi connectivity index (χ4n) is 4.75. The Bertz CT molecular complexity index is 1230. The minimum Gasteiger partial charge on any atom is -0.481 e. The van der Waals surface area contributed by atoms with Crippen molar-refractivity contribution in [2.75, 3.05) is 19.7 Å². The minimum absolute atomic E-state index is 0.0230. The molecule has 5 rings (SSSR count). The highest BCUT2D eigenvalue weighted by Crippen LogP contribution is 2.44. The molecule has 1 saturated heterocycles. The molecule has 35 heavy (non-hydrogen) atoms. The number of nitrogens with zero attached hydrogens (tertiary/aromatic N) is 1. The van der Waals surface area contributed by atoms with Crippen LogP contribution in [0.3, 0.4) is 0 Å². The van der Waals surface area contributed by atoms with Crippen molar-refractivity contribution in [3.05, 3.63) is 83.3 Å². The van der Waals surface area contributed by atoms with E-state index >= 15 is 0 Å². The maximum atomic E-state index is 12.5. The highest BCUT2D eigenvalue weighted by Gasteiger charge is 2.38. The van der Waals surface area contributed by atoms with E-state index in [9.17, 15) is 14.4 Å². The van der Waals surface area contributed by atoms with Gasteiger partial charge >= 0.3 is 12.1 Å². The van der Waals surface area contributed by atoms with E-state index in [1.807, 2.05) is 24.3 Å². The number of fused-ring (bicyclic) bond motifs is 3. The summed E-state index contributed by atoms with van der Waals surface area (Å²) in [5, 5.41) is 11.8. The van der Waals surface area contributed by atoms with Gasteiger partial charge in [0, 0.05) is 24.9 Å². The summed E-state index contributed by atoms with van der Waals surface area (Å²) in [6, 6.07) is 19.5. The van der Waals surface area contributed by atoms with Gasteiger partial charge in [0.15, 0.2) is 5.76 Å². The molecule has 1 atom stereocenters. The van der Waals surface area contributed by atoms with Crippen LogP contribution in [0.15, 0.2) is 65.1 Å². The van der Waals surface area contributed by atoms with Crippen molar-refractivity contribution in [3.8, 4) is 11.1 Å². The van der Waals surface area contributed by atoms with Crippen molar-refractivity contribution in [1.29, 1.82) is 0 Å². The molecule has 1 aromatic heterocycles. The van der Waals surface area contributed by atoms with E-state index in [4.69, 9.17) is 14.3 Å². The lowest BCUT2D eigenvalue weighted by Gasteiger charge is -2.40. The second kappa shape index (κ2) is 9.29. The summed E-state index contributed by atoms with van der Waals surface area (Å²) in [7, 11) is 0. The van der Waals surface area contributed by atoms with E-state index in [1.165, 1.54) is 0 Å². The molecule has 0 saturated carbocycles. The van der Waals surface area contributed by atoms with Gasteiger partial charge in [0.25, 0.3) is 5.91 Å². The average molecular weight is 475 g/mol. The SMILES string of the molecule is CC(C(=O)O)C1CN(C(=O)c2ccc(CNC(=O)OCC3c4ccccc4-c4ccccc43)o2)C1. The summed E-state index contributed by atoms with van der Waals surface area (Å²) in [6.45, 7) is 2.73. The summed E-state index contributed by atoms with van der Waals surface area (Å²) in [6.07, 6.45) is -0.565. The zero-order valence-electron chi connectivity index (χ0n) is 19.3. The number of likely N-dealkylation sites (tertiary alicyclic amines) is 1. The number of carbonyl (C=O) groups is 3. The monoisotopic (exact) mass is 474 g/mol. The van der Waals surface area contributed by atoms with Crippen LogP contribution in [0.4, 0.5) is 4.79 Å². The number of aliphatic carboxylic acids is 1. The fourth-order valence-corrected chi connectivity index (χ4v) is 4.75. The predicted molar refractivity (Wildman–Crippen MR) is 127 cm³/mol. The van der Waals surface area contributed by atoms with E-state index in [0.717, 1.165) is 22.3 Å². The molecule has 8 nitrogen and oxygen atoms in total. The molecule has 3 aromatic rings. The van der Waals surface area contributed by atoms with Crippen LogP contribution in [0.25, 0.3) is 11.1 Å². The third-order valence-corrected chi connectivity index (χ3v) is 6.92. The summed E-state index contributed by atoms with van der Waals surface area (Å²) in [5.41, 5.74) is 4.61. The Morgan fingerprint density at radius 2 is 1.66 bits per heavy atom. The van der Waals surface area contributed by atoms with Gasteiger partial charge in [0.1, 0.15) is 12.4 Å². The Hall–Kier alpha value is -4.07. The Morgan fingerprint density at radius 3 is 2.29 bits per heavy atom. The first-order valence-corrected chi connectivity index (χ1v) is 11.6. The van der Waals surface area contributed by atoms with Gasteiger partial charge in [-0.2, -0.15) is 0 Å². The van der Waals surface area contributed by atoms with Gasteiger partial charge in [0.05, 0.1) is 12.5 Å². The van der Waals surface area contributed by atoms with Crippen molar-refractivity contribution in [1.82, 2.24) is 10.2 Å². The lowest BCUT2D eigenvalue weighted by Crippen LogP contribution is -2.53. The van der Waals surface area contributed by atoms with E-state index in [0.29, 0.717) is 18.8 Å². The van der Waals surface area contributed by atoms with Crippen LogP contribution in [0.5, 0.6) is 0 Å². The van der Waals surface area contributed by atoms with Gasteiger partial charge in [-0.3, -0.25) is 9.59 Å². The van der Waals surface area contributed by atoms with Crippen LogP contribution >= 0.6 is 0 Å². The van der Waals surface area contributed by atoms with Crippen LogP contribution < -0.4 is 5.32 Å². The largest absolute Gasteiger partial charge is 0.481 e. The number of carboxylic acids is 1. The first kappa shape index (κ1) is 22.7. The van der Waals surface area contributed by atoms with Gasteiger partial charge in [-0.1, -0.05) is 55.5 Å². The molecule has 1 unspecified atom stereocenters. The minimum atomic E-state index is -0.860. The van der Waals surface area contributed by atoms with Crippen molar-refractivity contribution < 1.29 is 28.6 Å². The predicted octanol–water partition coefficient (Wildman–Crippen LogP) is 4.11. The molecule has 0 radical (unpaired) electrons. The van der Waals surface area contributed by atoms with Gasteiger partial charge in [-0.25, -0.2) is 4.79 Å². The summed E-state index contributed by atoms with van der Waals surface area (Å²) >= 11 is 0. The lowest BCUT2D eigenvalue weighted by atomic mass is 9.87. The Labute approximate surface area is 202 Å². The summed E-state index contributed by atoms with van der Waals surface area (Å²) in [4.78, 5) is 37.5. The number of ether oxygens (including phenoxy) is 1. The van der Waals surface area contributed by atoms with E-state index in [1.54, 1.807) is 24.0 Å². The third kappa shape index (κ3) is 4.39. The van der Waals surface area contributed by atoms with Gasteiger partial charge in [-0.15, -0.1) is 0 Å². The zero-order valence-corrected chi connectivity index (χ0v) is 19.3. The molecule has 2 aromatic carbocycles. The van der Waals surface area contributed by atoms with Gasteiger partial charge < -0.3 is 24.5 Å². The molecule has 180 valence electrons. The molecule has 0 spiro atoms. The number of alkyl carbamates (subject to hydrolysis) is 1. The highest BCUT2D eigenvalue weighted by atomic mass is 16.5. The molecule has 8 heteroatoms. The quantitative estimate of drug-likeness (QED) is 0.533. The van der Waals surface area contributed by atoms with Crippen molar-refractivity contribution >= 4 is 18.0 Å². The molecule has 0 bridgehead atoms. The molecule has 2 N–H and O–H groups in total. The molecular formula is C27H26N2O6. The molecule has 1 fully saturated rings. The molecule has 2 heterocycles. The number of rotatable bonds is 7. The van der Waals surface area contributed by atoms with Gasteiger partial charge in [0.2, 0.25) is 0 Å². The maximum absolute atomic E-state index is 12.5. The smallest absolute Gasteiger partial charge is 0.407 e. The zero-order chi connectivity index (χ0) is 24.5. The Kier molecular flexibility index (Phi) is 6.03. The maximum Gasteiger partial charge on any atom is 0.407 e. The second-order valence-electron chi connectivity index (χ2n) is 9.04. The second-order valence-corrected chi connectivity index (χ2v) is 9.04. The van der Waals surface area contributed by atoms with Crippen molar-refractivity contribution in [3.63, 3.8) is 0 Å². The van der Waals surface area contributed by atoms with Gasteiger partial charge in [-0.05, 0) is 34.4 Å². The van der Waals surface area contributed by atoms with Crippen LogP contribution in [-0.2, 0) is 16.1 Å². The normalized spacial score (nSPS) is 15.6. The number of benzene rings is 2. The van der Waals surface area contributed by atoms with Crippen molar-refractivity contribution in [2.24, 2.45) is 11.8 Å². The first-order valence-electron chi connectivity index (χ1n) is 11.6. The number of nitrogens with one attached hydrogen (secondary N) is 1. The molecule has 1 aliphatic carbocycles. The molecular weight excluding hydrogens is 448 g/mol. The number of hydrogen-bond acceptors (Lipinski definition) is 5. The number of furan rings is 1. The molecule has 2 aliphatic rings. The van der Waals surface area contributed by atoms with Crippen LogP contribution in [0, 0.1) is 11.8 Å². The number of amides is 2.